The number of nitrogens with one attached hydrogen (secondary N) is 2. The summed E-state index contributed by atoms with van der Waals surface area (Å²) in [6.07, 6.45) is 4.02. The minimum Gasteiger partial charge on any atom is -0.450 e. The molecule has 2 heterocycles. The predicted molar refractivity (Wildman–Crippen MR) is 88.7 cm³/mol. The van der Waals surface area contributed by atoms with Crippen LogP contribution in [0.25, 0.3) is 0 Å². The molecule has 2 fully saturated rings. The summed E-state index contributed by atoms with van der Waals surface area (Å²) in [4.78, 5) is 22.4. The van der Waals surface area contributed by atoms with Crippen molar-refractivity contribution in [2.45, 2.75) is 51.6 Å². The van der Waals surface area contributed by atoms with E-state index < -0.39 is 0 Å². The Balaban J connectivity index is 1.53. The van der Waals surface area contributed by atoms with Crippen molar-refractivity contribution in [3.8, 4) is 0 Å². The van der Waals surface area contributed by atoms with E-state index in [-0.39, 0.29) is 6.09 Å². The van der Waals surface area contributed by atoms with Crippen LogP contribution in [-0.4, -0.2) is 52.7 Å². The number of likely N-dealkylation sites (tertiary alicyclic amines) is 1. The molecule has 1 aliphatic carbocycles. The van der Waals surface area contributed by atoms with Crippen LogP contribution in [0.3, 0.4) is 0 Å². The number of rotatable bonds is 5. The van der Waals surface area contributed by atoms with Crippen molar-refractivity contribution in [3.05, 3.63) is 11.9 Å². The average molecular weight is 319 g/mol. The summed E-state index contributed by atoms with van der Waals surface area (Å²) in [6, 6.07) is 2.87. The van der Waals surface area contributed by atoms with Crippen LogP contribution in [0, 0.1) is 6.92 Å². The molecule has 2 N–H and O–H groups in total. The summed E-state index contributed by atoms with van der Waals surface area (Å²) in [5.74, 6) is 2.52. The van der Waals surface area contributed by atoms with Gasteiger partial charge < -0.3 is 20.3 Å². The normalized spacial score (nSPS) is 18.6. The summed E-state index contributed by atoms with van der Waals surface area (Å²) in [7, 11) is 0. The Morgan fingerprint density at radius 1 is 1.17 bits per heavy atom. The molecular formula is C16H25N5O2. The van der Waals surface area contributed by atoms with Crippen molar-refractivity contribution in [3.63, 3.8) is 0 Å². The molecule has 0 bridgehead atoms. The van der Waals surface area contributed by atoms with E-state index in [0.29, 0.717) is 31.8 Å². The lowest BCUT2D eigenvalue weighted by atomic mass is 10.1. The van der Waals surface area contributed by atoms with Crippen molar-refractivity contribution < 1.29 is 9.53 Å². The molecule has 1 saturated heterocycles. The lowest BCUT2D eigenvalue weighted by molar-refractivity contribution is 0.0983. The van der Waals surface area contributed by atoms with Crippen LogP contribution in [-0.2, 0) is 4.74 Å². The zero-order valence-electron chi connectivity index (χ0n) is 13.8. The first-order valence-electron chi connectivity index (χ1n) is 8.44. The van der Waals surface area contributed by atoms with Crippen molar-refractivity contribution in [1.29, 1.82) is 0 Å². The topological polar surface area (TPSA) is 79.4 Å². The first-order chi connectivity index (χ1) is 11.1. The molecular weight excluding hydrogens is 294 g/mol. The van der Waals surface area contributed by atoms with Gasteiger partial charge in [-0.1, -0.05) is 0 Å². The van der Waals surface area contributed by atoms with Crippen molar-refractivity contribution in [2.75, 3.05) is 30.3 Å². The standard InChI is InChI=1S/C16H25N5O2/c1-3-23-16(22)21-8-6-13(7-9-21)20-15-10-14(17-11(2)18-15)19-12-4-5-12/h10,12-13H,3-9H2,1-2H3,(H2,17,18,19,20). The van der Waals surface area contributed by atoms with Gasteiger partial charge in [0.25, 0.3) is 0 Å². The van der Waals surface area contributed by atoms with E-state index in [9.17, 15) is 4.79 Å². The van der Waals surface area contributed by atoms with Crippen molar-refractivity contribution >= 4 is 17.7 Å². The summed E-state index contributed by atoms with van der Waals surface area (Å²) in [5, 5.41) is 6.89. The molecule has 0 atom stereocenters. The Morgan fingerprint density at radius 2 is 1.74 bits per heavy atom. The molecule has 0 unspecified atom stereocenters. The van der Waals surface area contributed by atoms with E-state index in [1.807, 2.05) is 19.9 Å². The number of piperidine rings is 1. The largest absolute Gasteiger partial charge is 0.450 e. The molecule has 0 spiro atoms. The maximum Gasteiger partial charge on any atom is 0.409 e. The number of aryl methyl sites for hydroxylation is 1. The average Bonchev–Trinajstić information content (AvgIpc) is 3.31. The highest BCUT2D eigenvalue weighted by molar-refractivity contribution is 5.67. The van der Waals surface area contributed by atoms with E-state index in [1.165, 1.54) is 12.8 Å². The predicted octanol–water partition coefficient (Wildman–Crippen LogP) is 2.39. The number of hydrogen-bond acceptors (Lipinski definition) is 6. The van der Waals surface area contributed by atoms with Gasteiger partial charge >= 0.3 is 6.09 Å². The van der Waals surface area contributed by atoms with Gasteiger partial charge in [0.1, 0.15) is 17.5 Å². The molecule has 2 aliphatic rings. The molecule has 7 nitrogen and oxygen atoms in total. The number of ether oxygens (including phenoxy) is 1. The first kappa shape index (κ1) is 15.8. The number of carbonyl (C=O) groups excluding carboxylic acids is 1. The van der Waals surface area contributed by atoms with Gasteiger partial charge in [-0.2, -0.15) is 0 Å². The number of carbonyl (C=O) groups is 1. The van der Waals surface area contributed by atoms with E-state index in [2.05, 4.69) is 20.6 Å². The Hall–Kier alpha value is -2.05. The first-order valence-corrected chi connectivity index (χ1v) is 8.44. The van der Waals surface area contributed by atoms with Crippen LogP contribution < -0.4 is 10.6 Å². The maximum atomic E-state index is 11.7. The third-order valence-electron chi connectivity index (χ3n) is 4.14. The number of amides is 1. The second kappa shape index (κ2) is 7.02. The van der Waals surface area contributed by atoms with Gasteiger partial charge in [0, 0.05) is 31.2 Å². The van der Waals surface area contributed by atoms with Crippen LogP contribution in [0.5, 0.6) is 0 Å². The van der Waals surface area contributed by atoms with Crippen LogP contribution in [0.4, 0.5) is 16.4 Å². The van der Waals surface area contributed by atoms with Gasteiger partial charge in [0.2, 0.25) is 0 Å². The minimum absolute atomic E-state index is 0.209. The van der Waals surface area contributed by atoms with Crippen LogP contribution in [0.15, 0.2) is 6.07 Å². The third kappa shape index (κ3) is 4.46. The highest BCUT2D eigenvalue weighted by Crippen LogP contribution is 2.25. The Labute approximate surface area is 136 Å². The van der Waals surface area contributed by atoms with E-state index in [1.54, 1.807) is 4.90 Å². The number of hydrogen-bond donors (Lipinski definition) is 2. The zero-order chi connectivity index (χ0) is 16.2. The fourth-order valence-corrected chi connectivity index (χ4v) is 2.78. The highest BCUT2D eigenvalue weighted by Gasteiger charge is 2.24. The Morgan fingerprint density at radius 3 is 2.26 bits per heavy atom. The Kier molecular flexibility index (Phi) is 4.83. The smallest absolute Gasteiger partial charge is 0.409 e. The van der Waals surface area contributed by atoms with E-state index in [4.69, 9.17) is 4.74 Å². The fourth-order valence-electron chi connectivity index (χ4n) is 2.78. The molecule has 0 aromatic carbocycles. The van der Waals surface area contributed by atoms with Gasteiger partial charge in [-0.3, -0.25) is 0 Å². The molecule has 1 aliphatic heterocycles. The molecule has 1 aromatic rings. The van der Waals surface area contributed by atoms with Gasteiger partial charge in [0.05, 0.1) is 6.61 Å². The van der Waals surface area contributed by atoms with E-state index >= 15 is 0 Å². The number of aromatic nitrogens is 2. The second-order valence-corrected chi connectivity index (χ2v) is 6.21. The summed E-state index contributed by atoms with van der Waals surface area (Å²) in [6.45, 7) is 5.60. The maximum absolute atomic E-state index is 11.7. The van der Waals surface area contributed by atoms with Crippen molar-refractivity contribution in [1.82, 2.24) is 14.9 Å². The molecule has 1 amide bonds. The fraction of sp³-hybridized carbons (Fsp3) is 0.688. The molecule has 126 valence electrons. The van der Waals surface area contributed by atoms with Gasteiger partial charge in [-0.25, -0.2) is 14.8 Å². The van der Waals surface area contributed by atoms with E-state index in [0.717, 1.165) is 30.3 Å². The molecule has 7 heteroatoms. The van der Waals surface area contributed by atoms with Crippen LogP contribution in [0.2, 0.25) is 0 Å². The lowest BCUT2D eigenvalue weighted by Gasteiger charge is -2.31. The zero-order valence-corrected chi connectivity index (χ0v) is 13.8. The molecule has 1 saturated carbocycles. The molecule has 1 aromatic heterocycles. The molecule has 23 heavy (non-hydrogen) atoms. The monoisotopic (exact) mass is 319 g/mol. The van der Waals surface area contributed by atoms with Gasteiger partial charge in [-0.15, -0.1) is 0 Å². The van der Waals surface area contributed by atoms with Gasteiger partial charge in [-0.05, 0) is 39.5 Å². The highest BCUT2D eigenvalue weighted by atomic mass is 16.6. The third-order valence-corrected chi connectivity index (χ3v) is 4.14. The number of anilines is 2. The molecule has 3 rings (SSSR count). The Bertz CT molecular complexity index is 553. The summed E-state index contributed by atoms with van der Waals surface area (Å²) in [5.41, 5.74) is 0. The SMILES string of the molecule is CCOC(=O)N1CCC(Nc2cc(NC3CC3)nc(C)n2)CC1. The van der Waals surface area contributed by atoms with Gasteiger partial charge in [0.15, 0.2) is 0 Å². The second-order valence-electron chi connectivity index (χ2n) is 6.21. The van der Waals surface area contributed by atoms with Crippen molar-refractivity contribution in [2.24, 2.45) is 0 Å². The quantitative estimate of drug-likeness (QED) is 0.867. The number of nitrogens with zero attached hydrogens (tertiary/aromatic N) is 3. The summed E-state index contributed by atoms with van der Waals surface area (Å²) < 4.78 is 5.05. The van der Waals surface area contributed by atoms with Crippen LogP contribution >= 0.6 is 0 Å². The lowest BCUT2D eigenvalue weighted by Crippen LogP contribution is -2.42. The van der Waals surface area contributed by atoms with Crippen LogP contribution in [0.1, 0.15) is 38.4 Å². The molecule has 0 radical (unpaired) electrons. The summed E-state index contributed by atoms with van der Waals surface area (Å²) >= 11 is 0. The minimum atomic E-state index is -0.209.